The number of carbonyl (C=O) groups excluding carboxylic acids is 1. The van der Waals surface area contributed by atoms with Crippen LogP contribution in [0.15, 0.2) is 53.6 Å². The third-order valence-corrected chi connectivity index (χ3v) is 4.60. The molecule has 1 aromatic heterocycles. The quantitative estimate of drug-likeness (QED) is 0.671. The van der Waals surface area contributed by atoms with Gasteiger partial charge in [0.25, 0.3) is 0 Å². The number of aromatic nitrogens is 2. The molecule has 0 atom stereocenters. The van der Waals surface area contributed by atoms with Gasteiger partial charge in [-0.1, -0.05) is 23.9 Å². The first kappa shape index (κ1) is 18.2. The van der Waals surface area contributed by atoms with Crippen LogP contribution in [-0.2, 0) is 11.0 Å². The second-order valence-electron chi connectivity index (χ2n) is 5.51. The van der Waals surface area contributed by atoms with Crippen molar-refractivity contribution in [3.05, 3.63) is 59.8 Å². The summed E-state index contributed by atoms with van der Waals surface area (Å²) in [6.45, 7) is 1.82. The highest BCUT2D eigenvalue weighted by Crippen LogP contribution is 2.30. The number of aryl methyl sites for hydroxylation is 1. The lowest BCUT2D eigenvalue weighted by atomic mass is 10.2. The summed E-state index contributed by atoms with van der Waals surface area (Å²) in [6, 6.07) is 11.8. The number of fused-ring (bicyclic) bond motifs is 1. The van der Waals surface area contributed by atoms with Crippen molar-refractivity contribution in [1.82, 2.24) is 9.97 Å². The molecule has 26 heavy (non-hydrogen) atoms. The first-order valence-corrected chi connectivity index (χ1v) is 8.65. The summed E-state index contributed by atoms with van der Waals surface area (Å²) in [5, 5.41) is 3.22. The highest BCUT2D eigenvalue weighted by atomic mass is 32.2. The summed E-state index contributed by atoms with van der Waals surface area (Å²) >= 11 is 1.23. The van der Waals surface area contributed by atoms with E-state index in [2.05, 4.69) is 15.3 Å². The molecule has 0 aliphatic carbocycles. The highest BCUT2D eigenvalue weighted by molar-refractivity contribution is 8.00. The molecule has 0 unspecified atom stereocenters. The lowest BCUT2D eigenvalue weighted by molar-refractivity contribution is -0.137. The van der Waals surface area contributed by atoms with E-state index in [0.29, 0.717) is 10.7 Å². The second-order valence-corrected chi connectivity index (χ2v) is 6.48. The van der Waals surface area contributed by atoms with Crippen LogP contribution in [0, 0.1) is 6.92 Å². The van der Waals surface area contributed by atoms with Crippen molar-refractivity contribution in [2.24, 2.45) is 0 Å². The van der Waals surface area contributed by atoms with Crippen LogP contribution in [0.4, 0.5) is 18.9 Å². The van der Waals surface area contributed by atoms with Crippen LogP contribution in [0.25, 0.3) is 11.0 Å². The van der Waals surface area contributed by atoms with Gasteiger partial charge in [-0.2, -0.15) is 13.2 Å². The summed E-state index contributed by atoms with van der Waals surface area (Å²) in [5.41, 5.74) is 1.79. The molecule has 0 saturated heterocycles. The first-order valence-electron chi connectivity index (χ1n) is 7.66. The molecule has 8 heteroatoms. The van der Waals surface area contributed by atoms with Crippen LogP contribution in [0.2, 0.25) is 0 Å². The number of nitrogens with one attached hydrogen (secondary N) is 1. The Morgan fingerprint density at radius 2 is 1.65 bits per heavy atom. The minimum Gasteiger partial charge on any atom is -0.325 e. The number of thioether (sulfide) groups is 1. The van der Waals surface area contributed by atoms with Crippen molar-refractivity contribution in [2.75, 3.05) is 11.1 Å². The molecule has 0 fully saturated rings. The maximum atomic E-state index is 12.5. The van der Waals surface area contributed by atoms with E-state index in [0.717, 1.165) is 28.9 Å². The zero-order chi connectivity index (χ0) is 18.7. The zero-order valence-corrected chi connectivity index (χ0v) is 14.5. The van der Waals surface area contributed by atoms with E-state index >= 15 is 0 Å². The summed E-state index contributed by atoms with van der Waals surface area (Å²) in [7, 11) is 0. The van der Waals surface area contributed by atoms with Gasteiger partial charge in [-0.15, -0.1) is 0 Å². The van der Waals surface area contributed by atoms with Crippen LogP contribution in [0.5, 0.6) is 0 Å². The van der Waals surface area contributed by atoms with Gasteiger partial charge in [-0.3, -0.25) is 4.79 Å². The predicted octanol–water partition coefficient (Wildman–Crippen LogP) is 4.69. The highest BCUT2D eigenvalue weighted by Gasteiger charge is 2.29. The average Bonchev–Trinajstić information content (AvgIpc) is 2.59. The maximum absolute atomic E-state index is 12.5. The monoisotopic (exact) mass is 377 g/mol. The van der Waals surface area contributed by atoms with E-state index in [-0.39, 0.29) is 11.7 Å². The standard InChI is InChI=1S/C18H14F3N3OS/c1-11-17(24-15-5-3-2-4-14(15)22-11)26-10-16(25)23-13-8-6-12(7-9-13)18(19,20)21/h2-9H,10H2,1H3,(H,23,25). The van der Waals surface area contributed by atoms with Crippen molar-refractivity contribution in [2.45, 2.75) is 18.1 Å². The van der Waals surface area contributed by atoms with Crippen molar-refractivity contribution in [1.29, 1.82) is 0 Å². The number of halogens is 3. The Morgan fingerprint density at radius 3 is 2.27 bits per heavy atom. The largest absolute Gasteiger partial charge is 0.416 e. The van der Waals surface area contributed by atoms with E-state index in [1.165, 1.54) is 23.9 Å². The minimum absolute atomic E-state index is 0.0783. The molecule has 0 aliphatic rings. The molecule has 2 aromatic carbocycles. The first-order chi connectivity index (χ1) is 12.3. The van der Waals surface area contributed by atoms with Crippen molar-refractivity contribution in [3.63, 3.8) is 0 Å². The van der Waals surface area contributed by atoms with Crippen LogP contribution < -0.4 is 5.32 Å². The molecular formula is C18H14F3N3OS. The molecule has 4 nitrogen and oxygen atoms in total. The SMILES string of the molecule is Cc1nc2ccccc2nc1SCC(=O)Nc1ccc(C(F)(F)F)cc1. The smallest absolute Gasteiger partial charge is 0.325 e. The lowest BCUT2D eigenvalue weighted by Gasteiger charge is -2.09. The van der Waals surface area contributed by atoms with Gasteiger partial charge in [-0.25, -0.2) is 9.97 Å². The van der Waals surface area contributed by atoms with Gasteiger partial charge < -0.3 is 5.32 Å². The van der Waals surface area contributed by atoms with Gasteiger partial charge in [0.15, 0.2) is 0 Å². The Bertz CT molecular complexity index is 943. The fraction of sp³-hybridized carbons (Fsp3) is 0.167. The Balaban J connectivity index is 1.63. The molecule has 0 bridgehead atoms. The fourth-order valence-electron chi connectivity index (χ4n) is 2.28. The van der Waals surface area contributed by atoms with Crippen molar-refractivity contribution < 1.29 is 18.0 Å². The van der Waals surface area contributed by atoms with Gasteiger partial charge in [0.2, 0.25) is 5.91 Å². The van der Waals surface area contributed by atoms with Gasteiger partial charge in [0.05, 0.1) is 28.0 Å². The van der Waals surface area contributed by atoms with Crippen molar-refractivity contribution in [3.8, 4) is 0 Å². The molecule has 0 spiro atoms. The number of nitrogens with zero attached hydrogens (tertiary/aromatic N) is 2. The molecule has 1 heterocycles. The van der Waals surface area contributed by atoms with E-state index in [9.17, 15) is 18.0 Å². The number of para-hydroxylation sites is 2. The fourth-order valence-corrected chi connectivity index (χ4v) is 3.04. The third kappa shape index (κ3) is 4.32. The molecule has 0 radical (unpaired) electrons. The average molecular weight is 377 g/mol. The molecular weight excluding hydrogens is 363 g/mol. The minimum atomic E-state index is -4.40. The summed E-state index contributed by atoms with van der Waals surface area (Å²) in [4.78, 5) is 21.0. The number of benzene rings is 2. The number of carbonyl (C=O) groups is 1. The predicted molar refractivity (Wildman–Crippen MR) is 95.1 cm³/mol. The van der Waals surface area contributed by atoms with Crippen LogP contribution in [-0.4, -0.2) is 21.6 Å². The van der Waals surface area contributed by atoms with Crippen LogP contribution in [0.1, 0.15) is 11.3 Å². The van der Waals surface area contributed by atoms with Gasteiger partial charge in [0, 0.05) is 5.69 Å². The lowest BCUT2D eigenvalue weighted by Crippen LogP contribution is -2.14. The summed E-state index contributed by atoms with van der Waals surface area (Å²) < 4.78 is 37.6. The Kier molecular flexibility index (Phi) is 5.13. The number of amides is 1. The number of hydrogen-bond acceptors (Lipinski definition) is 4. The topological polar surface area (TPSA) is 54.9 Å². The molecule has 1 N–H and O–H groups in total. The molecule has 1 amide bonds. The number of rotatable bonds is 4. The van der Waals surface area contributed by atoms with E-state index < -0.39 is 11.7 Å². The summed E-state index contributed by atoms with van der Waals surface area (Å²) in [5.74, 6) is -0.251. The molecule has 134 valence electrons. The Labute approximate surface area is 151 Å². The molecule has 3 aromatic rings. The molecule has 0 saturated carbocycles. The number of anilines is 1. The normalized spacial score (nSPS) is 11.5. The number of alkyl halides is 3. The Hall–Kier alpha value is -2.61. The van der Waals surface area contributed by atoms with Gasteiger partial charge in [-0.05, 0) is 43.3 Å². The third-order valence-electron chi connectivity index (χ3n) is 3.54. The second kappa shape index (κ2) is 7.33. The van der Waals surface area contributed by atoms with Crippen molar-refractivity contribution >= 4 is 34.4 Å². The van der Waals surface area contributed by atoms with Gasteiger partial charge in [0.1, 0.15) is 5.03 Å². The van der Waals surface area contributed by atoms with E-state index in [4.69, 9.17) is 0 Å². The van der Waals surface area contributed by atoms with Crippen LogP contribution in [0.3, 0.4) is 0 Å². The Morgan fingerprint density at radius 1 is 1.04 bits per heavy atom. The molecule has 0 aliphatic heterocycles. The van der Waals surface area contributed by atoms with E-state index in [1.54, 1.807) is 0 Å². The summed E-state index contributed by atoms with van der Waals surface area (Å²) in [6.07, 6.45) is -4.40. The number of hydrogen-bond donors (Lipinski definition) is 1. The maximum Gasteiger partial charge on any atom is 0.416 e. The zero-order valence-electron chi connectivity index (χ0n) is 13.7. The van der Waals surface area contributed by atoms with Gasteiger partial charge >= 0.3 is 6.18 Å². The van der Waals surface area contributed by atoms with E-state index in [1.807, 2.05) is 31.2 Å². The molecule has 3 rings (SSSR count). The van der Waals surface area contributed by atoms with Crippen LogP contribution >= 0.6 is 11.8 Å².